The van der Waals surface area contributed by atoms with Crippen LogP contribution in [0.5, 0.6) is 0 Å². The quantitative estimate of drug-likeness (QED) is 0.607. The van der Waals surface area contributed by atoms with Crippen LogP contribution >= 0.6 is 23.2 Å². The number of hydrogen-bond acceptors (Lipinski definition) is 4. The third-order valence-electron chi connectivity index (χ3n) is 4.42. The Bertz CT molecular complexity index is 1180. The van der Waals surface area contributed by atoms with Gasteiger partial charge in [-0.15, -0.1) is 0 Å². The van der Waals surface area contributed by atoms with Gasteiger partial charge in [0.15, 0.2) is 0 Å². The lowest BCUT2D eigenvalue weighted by Gasteiger charge is -2.23. The Morgan fingerprint density at radius 3 is 2.52 bits per heavy atom. The Hall–Kier alpha value is -2.88. The van der Waals surface area contributed by atoms with E-state index in [4.69, 9.17) is 28.5 Å². The molecule has 2 aromatic carbocycles. The number of halogens is 2. The number of amides is 1. The lowest BCUT2D eigenvalue weighted by molar-refractivity contribution is -0.119. The molecule has 0 saturated heterocycles. The van der Waals surface area contributed by atoms with E-state index in [0.29, 0.717) is 16.2 Å². The molecule has 0 atom stereocenters. The van der Waals surface area contributed by atoms with Crippen LogP contribution in [0.25, 0.3) is 10.9 Å². The highest BCUT2D eigenvalue weighted by atomic mass is 35.5. The van der Waals surface area contributed by atoms with Gasteiger partial charge in [0.25, 0.3) is 5.56 Å². The number of aryl methyl sites for hydroxylation is 2. The summed E-state index contributed by atoms with van der Waals surface area (Å²) in [6, 6.07) is 10.8. The molecule has 8 heteroatoms. The highest BCUT2D eigenvalue weighted by molar-refractivity contribution is 6.38. The molecule has 3 rings (SSSR count). The van der Waals surface area contributed by atoms with Gasteiger partial charge in [-0.05, 0) is 49.2 Å². The Balaban J connectivity index is 1.98. The van der Waals surface area contributed by atoms with Gasteiger partial charge in [0, 0.05) is 17.3 Å². The summed E-state index contributed by atoms with van der Waals surface area (Å²) in [6.07, 6.45) is 1.47. The van der Waals surface area contributed by atoms with E-state index >= 15 is 0 Å². The summed E-state index contributed by atoms with van der Waals surface area (Å²) in [7, 11) is 0. The number of rotatable bonds is 5. The molecule has 0 aliphatic rings. The summed E-state index contributed by atoms with van der Waals surface area (Å²) >= 11 is 12.1. The van der Waals surface area contributed by atoms with Gasteiger partial charge in [0.2, 0.25) is 5.91 Å². The second kappa shape index (κ2) is 8.64. The van der Waals surface area contributed by atoms with Gasteiger partial charge < -0.3 is 4.90 Å². The van der Waals surface area contributed by atoms with Crippen molar-refractivity contribution < 1.29 is 4.79 Å². The number of anilines is 1. The Labute approximate surface area is 177 Å². The number of fused-ring (bicyclic) bond motifs is 1. The van der Waals surface area contributed by atoms with Crippen LogP contribution in [0.3, 0.4) is 0 Å². The van der Waals surface area contributed by atoms with Crippen LogP contribution in [0.2, 0.25) is 10.0 Å². The number of benzene rings is 2. The minimum absolute atomic E-state index is 0.175. The second-order valence-electron chi connectivity index (χ2n) is 6.76. The van der Waals surface area contributed by atoms with Gasteiger partial charge in [-0.1, -0.05) is 29.3 Å². The van der Waals surface area contributed by atoms with Crippen molar-refractivity contribution in [1.29, 1.82) is 5.26 Å². The summed E-state index contributed by atoms with van der Waals surface area (Å²) in [5.74, 6) is -0.318. The van der Waals surface area contributed by atoms with E-state index in [1.165, 1.54) is 27.9 Å². The van der Waals surface area contributed by atoms with Crippen LogP contribution < -0.4 is 10.5 Å². The molecule has 0 spiro atoms. The standard InChI is InChI=1S/C21H18Cl2N4O2/c1-13-6-14(2)8-16(7-13)27(5-3-4-24)19(28)11-26-12-25-20-17(21(26)29)9-15(22)10-18(20)23/h6-10,12H,3,5,11H2,1-2H3. The van der Waals surface area contributed by atoms with Crippen molar-refractivity contribution in [3.63, 3.8) is 0 Å². The molecule has 0 unspecified atom stereocenters. The molecule has 1 aromatic heterocycles. The summed E-state index contributed by atoms with van der Waals surface area (Å²) in [4.78, 5) is 31.6. The third kappa shape index (κ3) is 4.58. The first kappa shape index (κ1) is 20.8. The van der Waals surface area contributed by atoms with Gasteiger partial charge in [0.05, 0.1) is 34.7 Å². The molecular weight excluding hydrogens is 411 g/mol. The molecular formula is C21H18Cl2N4O2. The zero-order valence-electron chi connectivity index (χ0n) is 15.9. The summed E-state index contributed by atoms with van der Waals surface area (Å²) in [5.41, 5.74) is 2.62. The maximum Gasteiger partial charge on any atom is 0.261 e. The molecule has 148 valence electrons. The first-order chi connectivity index (χ1) is 13.8. The molecule has 6 nitrogen and oxygen atoms in total. The Kier molecular flexibility index (Phi) is 6.21. The van der Waals surface area contributed by atoms with Gasteiger partial charge in [-0.2, -0.15) is 5.26 Å². The summed E-state index contributed by atoms with van der Waals surface area (Å²) < 4.78 is 1.22. The third-order valence-corrected chi connectivity index (χ3v) is 4.92. The highest BCUT2D eigenvalue weighted by Crippen LogP contribution is 2.24. The minimum atomic E-state index is -0.409. The molecule has 0 bridgehead atoms. The average molecular weight is 429 g/mol. The van der Waals surface area contributed by atoms with Crippen LogP contribution in [0.4, 0.5) is 5.69 Å². The van der Waals surface area contributed by atoms with Crippen molar-refractivity contribution in [3.05, 3.63) is 68.2 Å². The van der Waals surface area contributed by atoms with Gasteiger partial charge in [-0.3, -0.25) is 14.2 Å². The molecule has 3 aromatic rings. The first-order valence-corrected chi connectivity index (χ1v) is 9.65. The first-order valence-electron chi connectivity index (χ1n) is 8.90. The van der Waals surface area contributed by atoms with Gasteiger partial charge in [-0.25, -0.2) is 4.98 Å². The van der Waals surface area contributed by atoms with Crippen molar-refractivity contribution in [1.82, 2.24) is 9.55 Å². The number of aromatic nitrogens is 2. The molecule has 29 heavy (non-hydrogen) atoms. The van der Waals surface area contributed by atoms with Crippen LogP contribution in [0, 0.1) is 25.2 Å². The summed E-state index contributed by atoms with van der Waals surface area (Å²) in [5, 5.41) is 9.81. The van der Waals surface area contributed by atoms with Gasteiger partial charge >= 0.3 is 0 Å². The molecule has 0 radical (unpaired) electrons. The fraction of sp³-hybridized carbons (Fsp3) is 0.238. The van der Waals surface area contributed by atoms with Crippen molar-refractivity contribution in [2.45, 2.75) is 26.8 Å². The second-order valence-corrected chi connectivity index (χ2v) is 7.60. The lowest BCUT2D eigenvalue weighted by atomic mass is 10.1. The Morgan fingerprint density at radius 2 is 1.86 bits per heavy atom. The van der Waals surface area contributed by atoms with E-state index in [9.17, 15) is 9.59 Å². The van der Waals surface area contributed by atoms with Crippen LogP contribution in [-0.2, 0) is 11.3 Å². The zero-order valence-corrected chi connectivity index (χ0v) is 17.5. The largest absolute Gasteiger partial charge is 0.310 e. The van der Waals surface area contributed by atoms with Crippen LogP contribution in [0.1, 0.15) is 17.5 Å². The van der Waals surface area contributed by atoms with Crippen LogP contribution in [-0.4, -0.2) is 22.0 Å². The number of nitriles is 1. The molecule has 0 aliphatic carbocycles. The molecule has 0 N–H and O–H groups in total. The number of hydrogen-bond donors (Lipinski definition) is 0. The van der Waals surface area contributed by atoms with E-state index in [-0.39, 0.29) is 35.8 Å². The monoisotopic (exact) mass is 428 g/mol. The van der Waals surface area contributed by atoms with Crippen molar-refractivity contribution >= 4 is 45.7 Å². The van der Waals surface area contributed by atoms with E-state index in [0.717, 1.165) is 11.1 Å². The SMILES string of the molecule is Cc1cc(C)cc(N(CCC#N)C(=O)Cn2cnc3c(Cl)cc(Cl)cc3c2=O)c1. The normalized spacial score (nSPS) is 10.7. The molecule has 0 saturated carbocycles. The molecule has 0 fully saturated rings. The Morgan fingerprint density at radius 1 is 1.17 bits per heavy atom. The zero-order chi connectivity index (χ0) is 21.1. The molecule has 1 amide bonds. The van der Waals surface area contributed by atoms with Crippen molar-refractivity contribution in [2.24, 2.45) is 0 Å². The fourth-order valence-corrected chi connectivity index (χ4v) is 3.75. The van der Waals surface area contributed by atoms with E-state index < -0.39 is 5.56 Å². The van der Waals surface area contributed by atoms with Crippen molar-refractivity contribution in [3.8, 4) is 6.07 Å². The number of nitrogens with zero attached hydrogens (tertiary/aromatic N) is 4. The smallest absolute Gasteiger partial charge is 0.261 e. The summed E-state index contributed by atoms with van der Waals surface area (Å²) in [6.45, 7) is 3.89. The highest BCUT2D eigenvalue weighted by Gasteiger charge is 2.18. The van der Waals surface area contributed by atoms with E-state index in [1.54, 1.807) is 0 Å². The predicted octanol–water partition coefficient (Wildman–Crippen LogP) is 4.27. The predicted molar refractivity (Wildman–Crippen MR) is 115 cm³/mol. The maximum absolute atomic E-state index is 13.0. The number of carbonyl (C=O) groups excluding carboxylic acids is 1. The van der Waals surface area contributed by atoms with Gasteiger partial charge in [0.1, 0.15) is 6.54 Å². The van der Waals surface area contributed by atoms with E-state index in [2.05, 4.69) is 11.1 Å². The fourth-order valence-electron chi connectivity index (χ4n) is 3.20. The molecule has 0 aliphatic heterocycles. The maximum atomic E-state index is 13.0. The lowest BCUT2D eigenvalue weighted by Crippen LogP contribution is -2.37. The molecule has 1 heterocycles. The minimum Gasteiger partial charge on any atom is -0.310 e. The average Bonchev–Trinajstić information content (AvgIpc) is 2.64. The number of carbonyl (C=O) groups is 1. The van der Waals surface area contributed by atoms with Crippen molar-refractivity contribution in [2.75, 3.05) is 11.4 Å². The van der Waals surface area contributed by atoms with Crippen LogP contribution in [0.15, 0.2) is 41.5 Å². The van der Waals surface area contributed by atoms with E-state index in [1.807, 2.05) is 32.0 Å². The topological polar surface area (TPSA) is 79.0 Å².